The molecule has 0 heteroatoms. The van der Waals surface area contributed by atoms with Gasteiger partial charge in [-0.15, -0.1) is 0 Å². The monoisotopic (exact) mass is 138 g/mol. The Morgan fingerprint density at radius 1 is 1.40 bits per heavy atom. The van der Waals surface area contributed by atoms with Crippen molar-refractivity contribution >= 4 is 0 Å². The summed E-state index contributed by atoms with van der Waals surface area (Å²) in [6, 6.07) is 0. The van der Waals surface area contributed by atoms with E-state index in [0.717, 1.165) is 6.42 Å². The van der Waals surface area contributed by atoms with E-state index in [4.69, 9.17) is 0 Å². The van der Waals surface area contributed by atoms with Gasteiger partial charge in [-0.05, 0) is 26.7 Å². The van der Waals surface area contributed by atoms with Gasteiger partial charge in [0.05, 0.1) is 0 Å². The highest BCUT2D eigenvalue weighted by atomic mass is 13.9. The predicted molar refractivity (Wildman–Crippen MR) is 48.1 cm³/mol. The zero-order valence-corrected chi connectivity index (χ0v) is 7.35. The van der Waals surface area contributed by atoms with Gasteiger partial charge in [-0.25, -0.2) is 0 Å². The van der Waals surface area contributed by atoms with Crippen LogP contribution in [-0.4, -0.2) is 0 Å². The van der Waals surface area contributed by atoms with Crippen molar-refractivity contribution in [1.82, 2.24) is 0 Å². The van der Waals surface area contributed by atoms with Crippen molar-refractivity contribution in [2.75, 3.05) is 0 Å². The van der Waals surface area contributed by atoms with Gasteiger partial charge in [0.2, 0.25) is 0 Å². The Balaban J connectivity index is 3.47. The molecule has 0 aromatic carbocycles. The molecule has 0 nitrogen and oxygen atoms in total. The average molecular weight is 138 g/mol. The molecule has 0 aliphatic rings. The standard InChI is InChI=1S/C10H18/c1-4-6-7-9-10(3)8-5-2/h4,6,9H,5,7-8H2,1-3H3/b6-4-,10-9+. The summed E-state index contributed by atoms with van der Waals surface area (Å²) in [5, 5.41) is 0. The first-order valence-electron chi connectivity index (χ1n) is 4.08. The number of hydrogen-bond donors (Lipinski definition) is 0. The fraction of sp³-hybridized carbons (Fsp3) is 0.600. The Labute approximate surface area is 64.6 Å². The second-order valence-corrected chi connectivity index (χ2v) is 2.61. The molecule has 0 atom stereocenters. The molecule has 58 valence electrons. The van der Waals surface area contributed by atoms with Crippen LogP contribution in [0.5, 0.6) is 0 Å². The van der Waals surface area contributed by atoms with E-state index in [1.807, 2.05) is 0 Å². The lowest BCUT2D eigenvalue weighted by molar-refractivity contribution is 0.899. The molecule has 0 aliphatic carbocycles. The van der Waals surface area contributed by atoms with Crippen molar-refractivity contribution in [1.29, 1.82) is 0 Å². The normalized spacial score (nSPS) is 12.9. The van der Waals surface area contributed by atoms with Crippen molar-refractivity contribution in [2.24, 2.45) is 0 Å². The molecule has 0 fully saturated rings. The third-order valence-electron chi connectivity index (χ3n) is 1.48. The van der Waals surface area contributed by atoms with Crippen molar-refractivity contribution in [3.8, 4) is 0 Å². The molecule has 0 saturated heterocycles. The van der Waals surface area contributed by atoms with Crippen molar-refractivity contribution < 1.29 is 0 Å². The third kappa shape index (κ3) is 5.61. The molecular weight excluding hydrogens is 120 g/mol. The van der Waals surface area contributed by atoms with Crippen LogP contribution in [0.4, 0.5) is 0 Å². The van der Waals surface area contributed by atoms with Gasteiger partial charge in [-0.2, -0.15) is 0 Å². The highest BCUT2D eigenvalue weighted by Gasteiger charge is 1.83. The van der Waals surface area contributed by atoms with Crippen molar-refractivity contribution in [3.63, 3.8) is 0 Å². The smallest absolute Gasteiger partial charge is 0.0167 e. The molecule has 0 aromatic rings. The topological polar surface area (TPSA) is 0 Å². The minimum absolute atomic E-state index is 1.10. The fourth-order valence-corrected chi connectivity index (χ4v) is 0.902. The minimum Gasteiger partial charge on any atom is -0.0914 e. The second kappa shape index (κ2) is 6.60. The Hall–Kier alpha value is -0.520. The third-order valence-corrected chi connectivity index (χ3v) is 1.48. The predicted octanol–water partition coefficient (Wildman–Crippen LogP) is 3.70. The van der Waals surface area contributed by atoms with Crippen LogP contribution < -0.4 is 0 Å². The maximum Gasteiger partial charge on any atom is -0.0167 e. The highest BCUT2D eigenvalue weighted by molar-refractivity contribution is 5.01. The quantitative estimate of drug-likeness (QED) is 0.520. The summed E-state index contributed by atoms with van der Waals surface area (Å²) in [5.74, 6) is 0. The first-order valence-corrected chi connectivity index (χ1v) is 4.08. The lowest BCUT2D eigenvalue weighted by Gasteiger charge is -1.94. The van der Waals surface area contributed by atoms with E-state index in [9.17, 15) is 0 Å². The molecule has 0 aromatic heterocycles. The van der Waals surface area contributed by atoms with Crippen LogP contribution in [0.1, 0.15) is 40.0 Å². The lowest BCUT2D eigenvalue weighted by atomic mass is 10.1. The summed E-state index contributed by atoms with van der Waals surface area (Å²) in [4.78, 5) is 0. The van der Waals surface area contributed by atoms with E-state index < -0.39 is 0 Å². The van der Waals surface area contributed by atoms with E-state index in [0.29, 0.717) is 0 Å². The molecule has 0 radical (unpaired) electrons. The maximum atomic E-state index is 2.30. The maximum absolute atomic E-state index is 2.30. The number of rotatable bonds is 4. The number of hydrogen-bond acceptors (Lipinski definition) is 0. The fourth-order valence-electron chi connectivity index (χ4n) is 0.902. The zero-order chi connectivity index (χ0) is 7.82. The van der Waals surface area contributed by atoms with Crippen LogP contribution in [0, 0.1) is 0 Å². The lowest BCUT2D eigenvalue weighted by Crippen LogP contribution is -1.73. The number of allylic oxidation sites excluding steroid dienone is 4. The summed E-state index contributed by atoms with van der Waals surface area (Å²) in [6.07, 6.45) is 10.2. The van der Waals surface area contributed by atoms with Crippen LogP contribution in [-0.2, 0) is 0 Å². The van der Waals surface area contributed by atoms with Gasteiger partial charge in [0, 0.05) is 0 Å². The van der Waals surface area contributed by atoms with Gasteiger partial charge >= 0.3 is 0 Å². The molecule has 0 bridgehead atoms. The first-order chi connectivity index (χ1) is 4.81. The van der Waals surface area contributed by atoms with Gasteiger partial charge in [0.25, 0.3) is 0 Å². The van der Waals surface area contributed by atoms with Gasteiger partial charge in [-0.3, -0.25) is 0 Å². The van der Waals surface area contributed by atoms with E-state index >= 15 is 0 Å². The second-order valence-electron chi connectivity index (χ2n) is 2.61. The Kier molecular flexibility index (Phi) is 6.25. The summed E-state index contributed by atoms with van der Waals surface area (Å²) in [7, 11) is 0. The molecule has 0 saturated carbocycles. The molecule has 0 amide bonds. The Morgan fingerprint density at radius 3 is 2.60 bits per heavy atom. The van der Waals surface area contributed by atoms with Crippen molar-refractivity contribution in [2.45, 2.75) is 40.0 Å². The summed E-state index contributed by atoms with van der Waals surface area (Å²) < 4.78 is 0. The van der Waals surface area contributed by atoms with E-state index in [1.165, 1.54) is 18.4 Å². The first kappa shape index (κ1) is 9.48. The van der Waals surface area contributed by atoms with Gasteiger partial charge in [0.15, 0.2) is 0 Å². The van der Waals surface area contributed by atoms with Crippen LogP contribution in [0.3, 0.4) is 0 Å². The van der Waals surface area contributed by atoms with Crippen LogP contribution in [0.2, 0.25) is 0 Å². The molecule has 0 rings (SSSR count). The van der Waals surface area contributed by atoms with Gasteiger partial charge in [0.1, 0.15) is 0 Å². The van der Waals surface area contributed by atoms with E-state index in [1.54, 1.807) is 0 Å². The molecule has 0 unspecified atom stereocenters. The molecule has 0 spiro atoms. The molecule has 0 aliphatic heterocycles. The van der Waals surface area contributed by atoms with E-state index in [2.05, 4.69) is 39.0 Å². The molecule has 10 heavy (non-hydrogen) atoms. The Morgan fingerprint density at radius 2 is 2.10 bits per heavy atom. The summed E-state index contributed by atoms with van der Waals surface area (Å²) in [6.45, 7) is 6.48. The van der Waals surface area contributed by atoms with Gasteiger partial charge < -0.3 is 0 Å². The molecule has 0 N–H and O–H groups in total. The summed E-state index contributed by atoms with van der Waals surface area (Å²) >= 11 is 0. The van der Waals surface area contributed by atoms with E-state index in [-0.39, 0.29) is 0 Å². The largest absolute Gasteiger partial charge is 0.0914 e. The minimum atomic E-state index is 1.10. The highest BCUT2D eigenvalue weighted by Crippen LogP contribution is 2.03. The average Bonchev–Trinajstić information content (AvgIpc) is 1.89. The van der Waals surface area contributed by atoms with Gasteiger partial charge in [-0.1, -0.05) is 37.1 Å². The van der Waals surface area contributed by atoms with Crippen LogP contribution >= 0.6 is 0 Å². The van der Waals surface area contributed by atoms with Crippen molar-refractivity contribution in [3.05, 3.63) is 23.8 Å². The Bertz CT molecular complexity index is 118. The van der Waals surface area contributed by atoms with Crippen LogP contribution in [0.15, 0.2) is 23.8 Å². The van der Waals surface area contributed by atoms with Crippen LogP contribution in [0.25, 0.3) is 0 Å². The SMILES string of the molecule is C/C=C\C/C=C(\C)CCC. The molecular formula is C10H18. The molecule has 0 heterocycles. The summed E-state index contributed by atoms with van der Waals surface area (Å²) in [5.41, 5.74) is 1.51. The zero-order valence-electron chi connectivity index (χ0n) is 7.35.